The second-order valence-electron chi connectivity index (χ2n) is 7.01. The molecule has 7 nitrogen and oxygen atoms in total. The number of anilines is 1. The van der Waals surface area contributed by atoms with Gasteiger partial charge < -0.3 is 19.7 Å². The number of carbonyl (C=O) groups excluding carboxylic acids is 2. The number of likely N-dealkylation sites (tertiary alicyclic amines) is 1. The fraction of sp³-hybridized carbons (Fsp3) is 0.409. The molecule has 0 saturated carbocycles. The van der Waals surface area contributed by atoms with E-state index >= 15 is 0 Å². The van der Waals surface area contributed by atoms with Crippen LogP contribution in [0.4, 0.5) is 5.69 Å². The van der Waals surface area contributed by atoms with E-state index in [-0.39, 0.29) is 23.6 Å². The summed E-state index contributed by atoms with van der Waals surface area (Å²) in [6, 6.07) is 8.52. The van der Waals surface area contributed by atoms with Crippen LogP contribution < -0.4 is 14.8 Å². The maximum atomic E-state index is 13.0. The predicted molar refractivity (Wildman–Crippen MR) is 111 cm³/mol. The molecule has 1 aliphatic rings. The van der Waals surface area contributed by atoms with Crippen molar-refractivity contribution in [1.29, 1.82) is 0 Å². The zero-order chi connectivity index (χ0) is 20.8. The van der Waals surface area contributed by atoms with Crippen LogP contribution in [0, 0.1) is 0 Å². The van der Waals surface area contributed by atoms with E-state index in [1.807, 2.05) is 4.90 Å². The number of methoxy groups -OCH3 is 2. The molecule has 1 saturated heterocycles. The Kier molecular flexibility index (Phi) is 6.69. The minimum atomic E-state index is -0.348. The molecular weight excluding hydrogens is 370 g/mol. The van der Waals surface area contributed by atoms with Crippen LogP contribution in [-0.4, -0.2) is 48.5 Å². The largest absolute Gasteiger partial charge is 0.497 e. The minimum Gasteiger partial charge on any atom is -0.497 e. The Labute approximate surface area is 171 Å². The van der Waals surface area contributed by atoms with Crippen LogP contribution in [0.15, 0.2) is 36.5 Å². The van der Waals surface area contributed by atoms with Gasteiger partial charge in [0.25, 0.3) is 11.8 Å². The Balaban J connectivity index is 1.80. The summed E-state index contributed by atoms with van der Waals surface area (Å²) >= 11 is 0. The fourth-order valence-corrected chi connectivity index (χ4v) is 3.63. The summed E-state index contributed by atoms with van der Waals surface area (Å²) < 4.78 is 10.5. The van der Waals surface area contributed by atoms with Gasteiger partial charge in [-0.3, -0.25) is 14.6 Å². The van der Waals surface area contributed by atoms with Gasteiger partial charge in [0.05, 0.1) is 19.9 Å². The van der Waals surface area contributed by atoms with Crippen LogP contribution in [0.2, 0.25) is 0 Å². The van der Waals surface area contributed by atoms with E-state index in [1.54, 1.807) is 37.4 Å². The molecular formula is C22H27N3O4. The quantitative estimate of drug-likeness (QED) is 0.803. The number of nitrogens with zero attached hydrogens (tertiary/aromatic N) is 2. The summed E-state index contributed by atoms with van der Waals surface area (Å²) in [6.45, 7) is 2.82. The average molecular weight is 397 g/mol. The number of amides is 2. The molecule has 1 aromatic carbocycles. The Morgan fingerprint density at radius 3 is 2.72 bits per heavy atom. The Morgan fingerprint density at radius 2 is 2.00 bits per heavy atom. The number of nitrogens with one attached hydrogen (secondary N) is 1. The van der Waals surface area contributed by atoms with Crippen molar-refractivity contribution in [2.24, 2.45) is 0 Å². The number of rotatable bonds is 6. The van der Waals surface area contributed by atoms with Gasteiger partial charge in [0, 0.05) is 30.4 Å². The second-order valence-corrected chi connectivity index (χ2v) is 7.01. The molecule has 154 valence electrons. The van der Waals surface area contributed by atoms with Crippen molar-refractivity contribution in [3.63, 3.8) is 0 Å². The number of benzene rings is 1. The van der Waals surface area contributed by atoms with E-state index in [1.165, 1.54) is 13.3 Å². The minimum absolute atomic E-state index is 0.120. The highest BCUT2D eigenvalue weighted by Crippen LogP contribution is 2.29. The normalized spacial score (nSPS) is 16.2. The summed E-state index contributed by atoms with van der Waals surface area (Å²) in [7, 11) is 3.09. The number of ether oxygens (including phenoxy) is 2. The molecule has 0 aliphatic carbocycles. The van der Waals surface area contributed by atoms with Gasteiger partial charge in [0.15, 0.2) is 0 Å². The van der Waals surface area contributed by atoms with E-state index < -0.39 is 0 Å². The van der Waals surface area contributed by atoms with Crippen LogP contribution in [0.5, 0.6) is 11.5 Å². The number of hydrogen-bond acceptors (Lipinski definition) is 5. The summed E-state index contributed by atoms with van der Waals surface area (Å²) in [5, 5.41) is 2.82. The molecule has 1 aromatic heterocycles. The highest BCUT2D eigenvalue weighted by molar-refractivity contribution is 6.06. The van der Waals surface area contributed by atoms with Crippen LogP contribution in [0.25, 0.3) is 0 Å². The van der Waals surface area contributed by atoms with Crippen molar-refractivity contribution in [2.75, 3.05) is 26.1 Å². The molecule has 3 rings (SSSR count). The number of carbonyl (C=O) groups is 2. The molecule has 1 fully saturated rings. The predicted octanol–water partition coefficient (Wildman–Crippen LogP) is 3.76. The van der Waals surface area contributed by atoms with Crippen molar-refractivity contribution in [3.05, 3.63) is 47.8 Å². The molecule has 1 aliphatic heterocycles. The van der Waals surface area contributed by atoms with Crippen LogP contribution in [0.3, 0.4) is 0 Å². The Bertz CT molecular complexity index is 884. The summed E-state index contributed by atoms with van der Waals surface area (Å²) in [5.41, 5.74) is 1.14. The van der Waals surface area contributed by atoms with Gasteiger partial charge in [-0.15, -0.1) is 0 Å². The fourth-order valence-electron chi connectivity index (χ4n) is 3.63. The first-order valence-corrected chi connectivity index (χ1v) is 9.87. The second kappa shape index (κ2) is 9.41. The summed E-state index contributed by atoms with van der Waals surface area (Å²) in [4.78, 5) is 31.9. The van der Waals surface area contributed by atoms with E-state index in [2.05, 4.69) is 17.2 Å². The third-order valence-electron chi connectivity index (χ3n) is 5.26. The summed E-state index contributed by atoms with van der Waals surface area (Å²) in [5.74, 6) is 0.648. The van der Waals surface area contributed by atoms with E-state index in [4.69, 9.17) is 9.47 Å². The molecule has 0 spiro atoms. The van der Waals surface area contributed by atoms with Crippen LogP contribution in [0.1, 0.15) is 53.5 Å². The van der Waals surface area contributed by atoms with Gasteiger partial charge in [-0.2, -0.15) is 0 Å². The lowest BCUT2D eigenvalue weighted by Crippen LogP contribution is -2.43. The van der Waals surface area contributed by atoms with Crippen LogP contribution >= 0.6 is 0 Å². The molecule has 29 heavy (non-hydrogen) atoms. The van der Waals surface area contributed by atoms with Gasteiger partial charge in [-0.25, -0.2) is 0 Å². The van der Waals surface area contributed by atoms with Gasteiger partial charge in [-0.1, -0.05) is 6.92 Å². The van der Waals surface area contributed by atoms with Crippen molar-refractivity contribution < 1.29 is 19.1 Å². The molecule has 2 heterocycles. The zero-order valence-corrected chi connectivity index (χ0v) is 17.1. The average Bonchev–Trinajstić information content (AvgIpc) is 2.78. The topological polar surface area (TPSA) is 80.8 Å². The van der Waals surface area contributed by atoms with Gasteiger partial charge in [0.1, 0.15) is 17.2 Å². The molecule has 1 unspecified atom stereocenters. The Hall–Kier alpha value is -3.09. The maximum Gasteiger partial charge on any atom is 0.272 e. The molecule has 1 N–H and O–H groups in total. The zero-order valence-electron chi connectivity index (χ0n) is 17.1. The first-order valence-electron chi connectivity index (χ1n) is 9.87. The monoisotopic (exact) mass is 397 g/mol. The summed E-state index contributed by atoms with van der Waals surface area (Å²) in [6.07, 6.45) is 5.56. The van der Waals surface area contributed by atoms with Crippen LogP contribution in [-0.2, 0) is 0 Å². The highest BCUT2D eigenvalue weighted by Gasteiger charge is 2.27. The molecule has 2 aromatic rings. The standard InChI is InChI=1S/C22H27N3O4/c1-4-16-7-5-6-12-25(16)22(27)19-13-15(10-11-23-19)21(26)24-18-14-17(28-2)8-9-20(18)29-3/h8-11,13-14,16H,4-7,12H2,1-3H3,(H,24,26). The molecule has 0 radical (unpaired) electrons. The van der Waals surface area contributed by atoms with Crippen molar-refractivity contribution in [3.8, 4) is 11.5 Å². The van der Waals surface area contributed by atoms with Gasteiger partial charge in [0.2, 0.25) is 0 Å². The van der Waals surface area contributed by atoms with E-state index in [0.717, 1.165) is 32.2 Å². The van der Waals surface area contributed by atoms with E-state index in [9.17, 15) is 9.59 Å². The smallest absolute Gasteiger partial charge is 0.272 e. The number of aromatic nitrogens is 1. The van der Waals surface area contributed by atoms with Gasteiger partial charge in [-0.05, 0) is 49.9 Å². The molecule has 0 bridgehead atoms. The lowest BCUT2D eigenvalue weighted by atomic mass is 9.99. The number of hydrogen-bond donors (Lipinski definition) is 1. The third-order valence-corrected chi connectivity index (χ3v) is 5.26. The first kappa shape index (κ1) is 20.6. The van der Waals surface area contributed by atoms with E-state index in [0.29, 0.717) is 22.7 Å². The lowest BCUT2D eigenvalue weighted by Gasteiger charge is -2.35. The Morgan fingerprint density at radius 1 is 1.17 bits per heavy atom. The van der Waals surface area contributed by atoms with Crippen molar-refractivity contribution >= 4 is 17.5 Å². The lowest BCUT2D eigenvalue weighted by molar-refractivity contribution is 0.0602. The third kappa shape index (κ3) is 4.67. The molecule has 2 amide bonds. The van der Waals surface area contributed by atoms with Gasteiger partial charge >= 0.3 is 0 Å². The number of pyridine rings is 1. The first-order chi connectivity index (χ1) is 14.1. The number of piperidine rings is 1. The molecule has 1 atom stereocenters. The van der Waals surface area contributed by atoms with Crippen molar-refractivity contribution in [1.82, 2.24) is 9.88 Å². The maximum absolute atomic E-state index is 13.0. The SMILES string of the molecule is CCC1CCCCN1C(=O)c1cc(C(=O)Nc2cc(OC)ccc2OC)ccn1. The van der Waals surface area contributed by atoms with Crippen molar-refractivity contribution in [2.45, 2.75) is 38.6 Å². The molecule has 7 heteroatoms. The highest BCUT2D eigenvalue weighted by atomic mass is 16.5.